The number of carbonyl (C=O) groups excluding carboxylic acids is 2. The molecule has 0 aromatic carbocycles. The van der Waals surface area contributed by atoms with E-state index in [0.29, 0.717) is 12.8 Å². The van der Waals surface area contributed by atoms with Crippen molar-refractivity contribution in [3.8, 4) is 0 Å². The lowest BCUT2D eigenvalue weighted by atomic mass is 9.79. The highest BCUT2D eigenvalue weighted by Crippen LogP contribution is 2.31. The maximum Gasteiger partial charge on any atom is 0.333 e. The molecular weight excluding hydrogens is 264 g/mol. The van der Waals surface area contributed by atoms with E-state index in [2.05, 4.69) is 6.58 Å². The molecule has 6 nitrogen and oxygen atoms in total. The Morgan fingerprint density at radius 2 is 1.65 bits per heavy atom. The summed E-state index contributed by atoms with van der Waals surface area (Å²) in [5.74, 6) is -3.29. The molecule has 112 valence electrons. The molecule has 0 radical (unpaired) electrons. The van der Waals surface area contributed by atoms with Crippen LogP contribution in [0.1, 0.15) is 32.6 Å². The predicted molar refractivity (Wildman–Crippen MR) is 69.8 cm³/mol. The van der Waals surface area contributed by atoms with Gasteiger partial charge in [-0.2, -0.15) is 0 Å². The molecule has 0 aliphatic heterocycles. The number of carboxylic acid groups (broad SMARTS) is 1. The van der Waals surface area contributed by atoms with E-state index in [1.807, 2.05) is 0 Å². The number of carboxylic acids is 1. The van der Waals surface area contributed by atoms with Crippen LogP contribution < -0.4 is 0 Å². The smallest absolute Gasteiger partial charge is 0.333 e. The number of hydrogen-bond acceptors (Lipinski definition) is 5. The van der Waals surface area contributed by atoms with Gasteiger partial charge in [0.25, 0.3) is 0 Å². The second-order valence-electron chi connectivity index (χ2n) is 4.92. The minimum absolute atomic E-state index is 0.0537. The van der Waals surface area contributed by atoms with Crippen LogP contribution in [0, 0.1) is 11.8 Å². The van der Waals surface area contributed by atoms with Crippen LogP contribution in [0.5, 0.6) is 0 Å². The zero-order valence-electron chi connectivity index (χ0n) is 11.6. The summed E-state index contributed by atoms with van der Waals surface area (Å²) in [7, 11) is 0. The first kappa shape index (κ1) is 16.2. The van der Waals surface area contributed by atoms with E-state index in [4.69, 9.17) is 14.6 Å². The molecule has 0 aromatic heterocycles. The Kier molecular flexibility index (Phi) is 6.21. The average Bonchev–Trinajstić information content (AvgIpc) is 2.42. The van der Waals surface area contributed by atoms with E-state index >= 15 is 0 Å². The van der Waals surface area contributed by atoms with Gasteiger partial charge in [-0.15, -0.1) is 0 Å². The molecule has 1 fully saturated rings. The molecule has 1 aliphatic rings. The Labute approximate surface area is 117 Å². The first-order chi connectivity index (χ1) is 9.43. The summed E-state index contributed by atoms with van der Waals surface area (Å²) in [5, 5.41) is 9.08. The van der Waals surface area contributed by atoms with Crippen LogP contribution in [0.25, 0.3) is 0 Å². The Morgan fingerprint density at radius 1 is 1.10 bits per heavy atom. The molecule has 0 amide bonds. The lowest BCUT2D eigenvalue weighted by Gasteiger charge is -2.26. The lowest BCUT2D eigenvalue weighted by molar-refractivity contribution is -0.161. The summed E-state index contributed by atoms with van der Waals surface area (Å²) < 4.78 is 9.77. The number of rotatable bonds is 6. The Hall–Kier alpha value is -1.85. The molecule has 1 saturated carbocycles. The van der Waals surface area contributed by atoms with Gasteiger partial charge >= 0.3 is 17.9 Å². The molecule has 0 saturated heterocycles. The Balaban J connectivity index is 2.36. The van der Waals surface area contributed by atoms with Crippen LogP contribution in [-0.2, 0) is 23.9 Å². The van der Waals surface area contributed by atoms with Crippen molar-refractivity contribution in [2.75, 3.05) is 13.2 Å². The number of esters is 2. The third-order valence-electron chi connectivity index (χ3n) is 3.30. The summed E-state index contributed by atoms with van der Waals surface area (Å²) in [6, 6.07) is 0. The van der Waals surface area contributed by atoms with E-state index in [1.165, 1.54) is 6.92 Å². The molecule has 1 rings (SSSR count). The van der Waals surface area contributed by atoms with Crippen molar-refractivity contribution in [3.05, 3.63) is 12.2 Å². The summed E-state index contributed by atoms with van der Waals surface area (Å²) in [5.41, 5.74) is 0.273. The average molecular weight is 284 g/mol. The van der Waals surface area contributed by atoms with Crippen LogP contribution in [0.3, 0.4) is 0 Å². The van der Waals surface area contributed by atoms with Crippen molar-refractivity contribution in [1.82, 2.24) is 0 Å². The van der Waals surface area contributed by atoms with Crippen molar-refractivity contribution in [2.24, 2.45) is 11.8 Å². The minimum Gasteiger partial charge on any atom is -0.481 e. The molecular formula is C14H20O6. The van der Waals surface area contributed by atoms with Crippen molar-refractivity contribution in [3.63, 3.8) is 0 Å². The van der Waals surface area contributed by atoms with Gasteiger partial charge in [-0.1, -0.05) is 19.4 Å². The first-order valence-electron chi connectivity index (χ1n) is 6.65. The number of carbonyl (C=O) groups is 3. The predicted octanol–water partition coefficient (Wildman–Crippen LogP) is 1.54. The number of hydrogen-bond donors (Lipinski definition) is 1. The van der Waals surface area contributed by atoms with Gasteiger partial charge in [0.2, 0.25) is 0 Å². The third-order valence-corrected chi connectivity index (χ3v) is 3.30. The SMILES string of the molecule is C=C(C)C(=O)OCCOC(=O)[C@H]1CCCC[C@H]1C(=O)O. The highest BCUT2D eigenvalue weighted by Gasteiger charge is 2.36. The van der Waals surface area contributed by atoms with Crippen molar-refractivity contribution < 1.29 is 29.0 Å². The zero-order valence-corrected chi connectivity index (χ0v) is 11.6. The van der Waals surface area contributed by atoms with E-state index in [-0.39, 0.29) is 18.8 Å². The fourth-order valence-electron chi connectivity index (χ4n) is 2.22. The van der Waals surface area contributed by atoms with Crippen molar-refractivity contribution in [1.29, 1.82) is 0 Å². The second-order valence-corrected chi connectivity index (χ2v) is 4.92. The van der Waals surface area contributed by atoms with Gasteiger partial charge in [-0.3, -0.25) is 9.59 Å². The van der Waals surface area contributed by atoms with E-state index < -0.39 is 29.7 Å². The number of aliphatic carboxylic acids is 1. The van der Waals surface area contributed by atoms with E-state index in [1.54, 1.807) is 0 Å². The maximum absolute atomic E-state index is 11.8. The lowest BCUT2D eigenvalue weighted by Crippen LogP contribution is -2.34. The van der Waals surface area contributed by atoms with Crippen LogP contribution in [-0.4, -0.2) is 36.2 Å². The van der Waals surface area contributed by atoms with Gasteiger partial charge in [-0.05, 0) is 19.8 Å². The monoisotopic (exact) mass is 284 g/mol. The van der Waals surface area contributed by atoms with Crippen LogP contribution in [0.15, 0.2) is 12.2 Å². The van der Waals surface area contributed by atoms with E-state index in [0.717, 1.165) is 12.8 Å². The van der Waals surface area contributed by atoms with Gasteiger partial charge in [0, 0.05) is 5.57 Å². The van der Waals surface area contributed by atoms with Crippen LogP contribution >= 0.6 is 0 Å². The summed E-state index contributed by atoms with van der Waals surface area (Å²) in [4.78, 5) is 34.0. The number of ether oxygens (including phenoxy) is 2. The van der Waals surface area contributed by atoms with Gasteiger partial charge in [0.05, 0.1) is 11.8 Å². The Morgan fingerprint density at radius 3 is 2.20 bits per heavy atom. The van der Waals surface area contributed by atoms with Gasteiger partial charge in [0.15, 0.2) is 0 Å². The first-order valence-corrected chi connectivity index (χ1v) is 6.65. The standard InChI is InChI=1S/C14H20O6/c1-9(2)13(17)19-7-8-20-14(18)11-6-4-3-5-10(11)12(15)16/h10-11H,1,3-8H2,2H3,(H,15,16)/t10-,11+/m1/s1. The highest BCUT2D eigenvalue weighted by molar-refractivity contribution is 5.87. The fourth-order valence-corrected chi connectivity index (χ4v) is 2.22. The molecule has 0 unspecified atom stereocenters. The van der Waals surface area contributed by atoms with Crippen molar-refractivity contribution >= 4 is 17.9 Å². The minimum atomic E-state index is -0.958. The Bertz CT molecular complexity index is 400. The third kappa shape index (κ3) is 4.68. The highest BCUT2D eigenvalue weighted by atomic mass is 16.6. The molecule has 0 aromatic rings. The van der Waals surface area contributed by atoms with Gasteiger partial charge in [0.1, 0.15) is 13.2 Å². The molecule has 0 bridgehead atoms. The van der Waals surface area contributed by atoms with Gasteiger partial charge < -0.3 is 14.6 Å². The summed E-state index contributed by atoms with van der Waals surface area (Å²) >= 11 is 0. The van der Waals surface area contributed by atoms with Crippen molar-refractivity contribution in [2.45, 2.75) is 32.6 Å². The molecule has 20 heavy (non-hydrogen) atoms. The normalized spacial score (nSPS) is 21.9. The largest absolute Gasteiger partial charge is 0.481 e. The molecule has 0 spiro atoms. The fraction of sp³-hybridized carbons (Fsp3) is 0.643. The molecule has 0 heterocycles. The van der Waals surface area contributed by atoms with Crippen LogP contribution in [0.2, 0.25) is 0 Å². The summed E-state index contributed by atoms with van der Waals surface area (Å²) in [6.45, 7) is 4.82. The van der Waals surface area contributed by atoms with Gasteiger partial charge in [-0.25, -0.2) is 4.79 Å². The quantitative estimate of drug-likeness (QED) is 0.452. The molecule has 1 aliphatic carbocycles. The molecule has 2 atom stereocenters. The van der Waals surface area contributed by atoms with Crippen LogP contribution in [0.4, 0.5) is 0 Å². The second kappa shape index (κ2) is 7.67. The van der Waals surface area contributed by atoms with E-state index in [9.17, 15) is 14.4 Å². The zero-order chi connectivity index (χ0) is 15.1. The topological polar surface area (TPSA) is 89.9 Å². The summed E-state index contributed by atoms with van der Waals surface area (Å²) in [6.07, 6.45) is 2.67. The molecule has 1 N–H and O–H groups in total. The maximum atomic E-state index is 11.8. The molecule has 6 heteroatoms.